The van der Waals surface area contributed by atoms with E-state index in [1.165, 1.54) is 0 Å². The summed E-state index contributed by atoms with van der Waals surface area (Å²) >= 11 is 2.14. The Morgan fingerprint density at radius 2 is 2.06 bits per heavy atom. The van der Waals surface area contributed by atoms with Crippen LogP contribution in [0.4, 0.5) is 0 Å². The number of primary amides is 1. The molecule has 0 bridgehead atoms. The molecule has 94 valence electrons. The lowest BCUT2D eigenvalue weighted by Gasteiger charge is -2.16. The number of carbonyl (C=O) groups is 1. The van der Waals surface area contributed by atoms with Crippen LogP contribution in [0.5, 0.6) is 0 Å². The highest BCUT2D eigenvalue weighted by atomic mass is 127. The second-order valence-electron chi connectivity index (χ2n) is 4.40. The molecule has 0 radical (unpaired) electrons. The Labute approximate surface area is 118 Å². The summed E-state index contributed by atoms with van der Waals surface area (Å²) in [6.45, 7) is 3.99. The molecule has 1 heterocycles. The highest BCUT2D eigenvalue weighted by Gasteiger charge is 2.14. The number of nitrogens with zero attached hydrogens (tertiary/aromatic N) is 1. The summed E-state index contributed by atoms with van der Waals surface area (Å²) in [5.74, 6) is -0.685. The summed E-state index contributed by atoms with van der Waals surface area (Å²) < 4.78 is 2.85. The summed E-state index contributed by atoms with van der Waals surface area (Å²) in [4.78, 5) is 23.5. The molecule has 2 N–H and O–H groups in total. The first kappa shape index (κ1) is 13.1. The Bertz CT molecular complexity index is 689. The molecule has 5 heteroatoms. The molecule has 2 aromatic rings. The van der Waals surface area contributed by atoms with Crippen molar-refractivity contribution in [1.29, 1.82) is 0 Å². The predicted octanol–water partition coefficient (Wildman–Crippen LogP) is 2.29. The summed E-state index contributed by atoms with van der Waals surface area (Å²) in [6, 6.07) is 5.75. The summed E-state index contributed by atoms with van der Waals surface area (Å²) in [7, 11) is 0. The molecule has 18 heavy (non-hydrogen) atoms. The van der Waals surface area contributed by atoms with Gasteiger partial charge in [0.25, 0.3) is 5.91 Å². The van der Waals surface area contributed by atoms with Gasteiger partial charge in [-0.3, -0.25) is 9.59 Å². The molecule has 1 aromatic carbocycles. The minimum Gasteiger partial charge on any atom is -0.365 e. The maximum atomic E-state index is 12.2. The van der Waals surface area contributed by atoms with E-state index in [1.54, 1.807) is 12.3 Å². The van der Waals surface area contributed by atoms with Gasteiger partial charge in [-0.05, 0) is 54.6 Å². The lowest BCUT2D eigenvalue weighted by Crippen LogP contribution is -2.24. The molecule has 4 nitrogen and oxygen atoms in total. The number of rotatable bonds is 2. The Morgan fingerprint density at radius 3 is 2.61 bits per heavy atom. The monoisotopic (exact) mass is 356 g/mol. The zero-order valence-corrected chi connectivity index (χ0v) is 12.3. The van der Waals surface area contributed by atoms with Crippen LogP contribution in [0.2, 0.25) is 0 Å². The largest absolute Gasteiger partial charge is 0.365 e. The van der Waals surface area contributed by atoms with Crippen molar-refractivity contribution >= 4 is 39.4 Å². The number of benzene rings is 1. The third-order valence-electron chi connectivity index (χ3n) is 2.82. The number of nitrogens with two attached hydrogens (primary N) is 1. The molecule has 0 spiro atoms. The fourth-order valence-corrected chi connectivity index (χ4v) is 2.42. The molecule has 0 saturated heterocycles. The molecule has 2 rings (SSSR count). The molecular weight excluding hydrogens is 343 g/mol. The number of carbonyl (C=O) groups excluding carboxylic acids is 1. The van der Waals surface area contributed by atoms with E-state index in [0.717, 1.165) is 9.09 Å². The van der Waals surface area contributed by atoms with Crippen molar-refractivity contribution in [2.75, 3.05) is 0 Å². The van der Waals surface area contributed by atoms with Crippen molar-refractivity contribution in [2.24, 2.45) is 5.73 Å². The number of hydrogen-bond acceptors (Lipinski definition) is 2. The van der Waals surface area contributed by atoms with Gasteiger partial charge in [-0.25, -0.2) is 0 Å². The summed E-state index contributed by atoms with van der Waals surface area (Å²) in [5, 5.41) is 0.534. The number of fused-ring (bicyclic) bond motifs is 1. The molecule has 0 aliphatic carbocycles. The number of halogens is 1. The van der Waals surface area contributed by atoms with Crippen molar-refractivity contribution in [3.8, 4) is 0 Å². The van der Waals surface area contributed by atoms with Crippen LogP contribution in [0.3, 0.4) is 0 Å². The maximum Gasteiger partial charge on any atom is 0.254 e. The zero-order chi connectivity index (χ0) is 13.4. The number of amides is 1. The van der Waals surface area contributed by atoms with Crippen LogP contribution in [-0.4, -0.2) is 10.5 Å². The van der Waals surface area contributed by atoms with Crippen LogP contribution in [0.25, 0.3) is 10.9 Å². The number of hydrogen-bond donors (Lipinski definition) is 1. The molecular formula is C13H13IN2O2. The van der Waals surface area contributed by atoms with Gasteiger partial charge in [-0.1, -0.05) is 0 Å². The second-order valence-corrected chi connectivity index (χ2v) is 5.64. The molecule has 0 aliphatic heterocycles. The van der Waals surface area contributed by atoms with E-state index in [4.69, 9.17) is 5.73 Å². The quantitative estimate of drug-likeness (QED) is 0.840. The number of aromatic nitrogens is 1. The highest BCUT2D eigenvalue weighted by Crippen LogP contribution is 2.19. The Kier molecular flexibility index (Phi) is 3.43. The van der Waals surface area contributed by atoms with Gasteiger partial charge >= 0.3 is 0 Å². The minimum absolute atomic E-state index is 0.0400. The van der Waals surface area contributed by atoms with E-state index in [9.17, 15) is 9.59 Å². The zero-order valence-electron chi connectivity index (χ0n) is 10.1. The first-order chi connectivity index (χ1) is 8.41. The highest BCUT2D eigenvalue weighted by molar-refractivity contribution is 14.1. The van der Waals surface area contributed by atoms with Crippen molar-refractivity contribution < 1.29 is 4.79 Å². The van der Waals surface area contributed by atoms with Gasteiger partial charge in [-0.15, -0.1) is 0 Å². The third-order valence-corrected chi connectivity index (χ3v) is 3.49. The van der Waals surface area contributed by atoms with Crippen LogP contribution < -0.4 is 11.2 Å². The first-order valence-electron chi connectivity index (χ1n) is 5.56. The molecule has 0 saturated carbocycles. The van der Waals surface area contributed by atoms with Gasteiger partial charge in [0.05, 0.1) is 5.52 Å². The maximum absolute atomic E-state index is 12.2. The Hall–Kier alpha value is -1.37. The molecule has 0 aliphatic rings. The van der Waals surface area contributed by atoms with Gasteiger partial charge in [0.2, 0.25) is 5.43 Å². The topological polar surface area (TPSA) is 65.1 Å². The Morgan fingerprint density at radius 1 is 1.39 bits per heavy atom. The van der Waals surface area contributed by atoms with Gasteiger partial charge in [-0.2, -0.15) is 0 Å². The molecule has 0 atom stereocenters. The van der Waals surface area contributed by atoms with Gasteiger partial charge in [0.1, 0.15) is 5.56 Å². The van der Waals surface area contributed by atoms with Crippen molar-refractivity contribution in [3.63, 3.8) is 0 Å². The average Bonchev–Trinajstić information content (AvgIpc) is 2.29. The summed E-state index contributed by atoms with van der Waals surface area (Å²) in [5.41, 5.74) is 5.82. The first-order valence-corrected chi connectivity index (χ1v) is 6.64. The van der Waals surface area contributed by atoms with E-state index >= 15 is 0 Å². The van der Waals surface area contributed by atoms with E-state index in [-0.39, 0.29) is 17.0 Å². The van der Waals surface area contributed by atoms with E-state index < -0.39 is 5.91 Å². The van der Waals surface area contributed by atoms with Gasteiger partial charge in [0, 0.05) is 21.2 Å². The van der Waals surface area contributed by atoms with Crippen molar-refractivity contribution in [2.45, 2.75) is 19.9 Å². The fourth-order valence-electron chi connectivity index (χ4n) is 1.93. The molecule has 1 aromatic heterocycles. The van der Waals surface area contributed by atoms with Gasteiger partial charge in [0.15, 0.2) is 0 Å². The van der Waals surface area contributed by atoms with E-state index in [0.29, 0.717) is 5.39 Å². The smallest absolute Gasteiger partial charge is 0.254 e. The Balaban J connectivity index is 2.97. The SMILES string of the molecule is CC(C)n1cc(C(N)=O)c(=O)c2cc(I)ccc21. The van der Waals surface area contributed by atoms with Crippen LogP contribution in [-0.2, 0) is 0 Å². The molecule has 0 fully saturated rings. The van der Waals surface area contributed by atoms with Crippen LogP contribution in [0.15, 0.2) is 29.2 Å². The predicted molar refractivity (Wildman–Crippen MR) is 79.8 cm³/mol. The van der Waals surface area contributed by atoms with Gasteiger partial charge < -0.3 is 10.3 Å². The second kappa shape index (κ2) is 4.72. The van der Waals surface area contributed by atoms with Crippen LogP contribution >= 0.6 is 22.6 Å². The lowest BCUT2D eigenvalue weighted by molar-refractivity contribution is 0.0998. The third kappa shape index (κ3) is 2.14. The van der Waals surface area contributed by atoms with E-state index in [1.807, 2.05) is 30.5 Å². The van der Waals surface area contributed by atoms with Crippen LogP contribution in [0.1, 0.15) is 30.2 Å². The fraction of sp³-hybridized carbons (Fsp3) is 0.231. The lowest BCUT2D eigenvalue weighted by atomic mass is 10.1. The average molecular weight is 356 g/mol. The molecule has 1 amide bonds. The van der Waals surface area contributed by atoms with Crippen molar-refractivity contribution in [1.82, 2.24) is 4.57 Å². The molecule has 0 unspecified atom stereocenters. The van der Waals surface area contributed by atoms with Crippen LogP contribution in [0, 0.1) is 3.57 Å². The normalized spacial score (nSPS) is 11.1. The number of pyridine rings is 1. The van der Waals surface area contributed by atoms with E-state index in [2.05, 4.69) is 22.6 Å². The van der Waals surface area contributed by atoms with Crippen molar-refractivity contribution in [3.05, 3.63) is 43.8 Å². The standard InChI is InChI=1S/C13H13IN2O2/c1-7(2)16-6-10(13(15)18)12(17)9-5-8(14)3-4-11(9)16/h3-7H,1-2H3,(H2,15,18). The summed E-state index contributed by atoms with van der Waals surface area (Å²) in [6.07, 6.45) is 1.55. The minimum atomic E-state index is -0.685.